The number of hydrogen-bond acceptors (Lipinski definition) is 4. The largest absolute Gasteiger partial charge is 0.459 e. The highest BCUT2D eigenvalue weighted by Crippen LogP contribution is 2.34. The van der Waals surface area contributed by atoms with Gasteiger partial charge in [0.2, 0.25) is 5.91 Å². The first-order valence-electron chi connectivity index (χ1n) is 11.4. The summed E-state index contributed by atoms with van der Waals surface area (Å²) in [6.07, 6.45) is 6.74. The highest BCUT2D eigenvalue weighted by Gasteiger charge is 2.36. The molecule has 0 saturated heterocycles. The minimum Gasteiger partial charge on any atom is -0.459 e. The van der Waals surface area contributed by atoms with Crippen molar-refractivity contribution in [1.29, 1.82) is 0 Å². The Hall–Kier alpha value is -2.86. The Bertz CT molecular complexity index is 1010. The fraction of sp³-hybridized carbons (Fsp3) is 0.385. The molecule has 0 spiro atoms. The predicted octanol–water partition coefficient (Wildman–Crippen LogP) is 6.30. The maximum absolute atomic E-state index is 13.6. The number of thiophene rings is 1. The monoisotopic (exact) mass is 450 g/mol. The number of nitrogens with zero attached hydrogens (tertiary/aromatic N) is 1. The zero-order valence-corrected chi connectivity index (χ0v) is 19.4. The summed E-state index contributed by atoms with van der Waals surface area (Å²) >= 11 is 1.48. The molecule has 2 heterocycles. The van der Waals surface area contributed by atoms with Crippen molar-refractivity contribution in [1.82, 2.24) is 5.32 Å². The van der Waals surface area contributed by atoms with Gasteiger partial charge in [-0.1, -0.05) is 44.9 Å². The van der Waals surface area contributed by atoms with Crippen LogP contribution in [0.2, 0.25) is 0 Å². The van der Waals surface area contributed by atoms with E-state index in [1.165, 1.54) is 23.2 Å². The van der Waals surface area contributed by atoms with Gasteiger partial charge in [-0.25, -0.2) is 0 Å². The second-order valence-corrected chi connectivity index (χ2v) is 9.44. The highest BCUT2D eigenvalue weighted by atomic mass is 32.1. The minimum atomic E-state index is -0.761. The molecule has 1 aromatic carbocycles. The van der Waals surface area contributed by atoms with E-state index in [-0.39, 0.29) is 23.6 Å². The summed E-state index contributed by atoms with van der Waals surface area (Å²) in [4.78, 5) is 29.6. The summed E-state index contributed by atoms with van der Waals surface area (Å²) in [5.74, 6) is 0.166. The Morgan fingerprint density at radius 3 is 2.47 bits per heavy atom. The number of furan rings is 1. The first-order valence-corrected chi connectivity index (χ1v) is 12.3. The van der Waals surface area contributed by atoms with Crippen molar-refractivity contribution >= 4 is 28.8 Å². The molecular formula is C26H30N2O3S. The van der Waals surface area contributed by atoms with Crippen LogP contribution in [0.3, 0.4) is 0 Å². The van der Waals surface area contributed by atoms with Crippen LogP contribution in [0.5, 0.6) is 0 Å². The highest BCUT2D eigenvalue weighted by molar-refractivity contribution is 7.10. The van der Waals surface area contributed by atoms with E-state index in [9.17, 15) is 9.59 Å². The van der Waals surface area contributed by atoms with Crippen LogP contribution in [-0.4, -0.2) is 17.9 Å². The molecule has 1 fully saturated rings. The van der Waals surface area contributed by atoms with Crippen LogP contribution in [0.1, 0.15) is 78.9 Å². The number of carbonyl (C=O) groups excluding carboxylic acids is 2. The van der Waals surface area contributed by atoms with Crippen molar-refractivity contribution in [3.63, 3.8) is 0 Å². The molecule has 1 N–H and O–H groups in total. The standard InChI is InChI=1S/C26H30N2O3S/c1-3-18(2)19-12-14-21(15-13-19)28(26(30)22-10-6-16-31-22)24(23-11-7-17-32-23)25(29)27-20-8-4-5-9-20/h6-7,10-18,20,24H,3-5,8-9H2,1-2H3,(H,27,29)/t18-,24-/m1/s1. The van der Waals surface area contributed by atoms with Crippen LogP contribution in [0.25, 0.3) is 0 Å². The minimum absolute atomic E-state index is 0.148. The second-order valence-electron chi connectivity index (χ2n) is 8.46. The second kappa shape index (κ2) is 10.2. The first-order chi connectivity index (χ1) is 15.6. The van der Waals surface area contributed by atoms with Gasteiger partial charge in [-0.2, -0.15) is 0 Å². The number of anilines is 1. The van der Waals surface area contributed by atoms with Crippen LogP contribution in [0, 0.1) is 0 Å². The van der Waals surface area contributed by atoms with Crippen LogP contribution >= 0.6 is 11.3 Å². The lowest BCUT2D eigenvalue weighted by Crippen LogP contribution is -2.46. The summed E-state index contributed by atoms with van der Waals surface area (Å²) in [7, 11) is 0. The normalized spacial score (nSPS) is 15.9. The van der Waals surface area contributed by atoms with Gasteiger partial charge in [0, 0.05) is 16.6 Å². The average Bonchev–Trinajstić information content (AvgIpc) is 3.60. The van der Waals surface area contributed by atoms with E-state index in [0.29, 0.717) is 11.6 Å². The molecule has 2 amide bonds. The van der Waals surface area contributed by atoms with Gasteiger partial charge in [-0.15, -0.1) is 11.3 Å². The fourth-order valence-corrected chi connectivity index (χ4v) is 5.09. The summed E-state index contributed by atoms with van der Waals surface area (Å²) in [5.41, 5.74) is 1.89. The number of amides is 2. The summed E-state index contributed by atoms with van der Waals surface area (Å²) in [6.45, 7) is 4.34. The molecule has 1 saturated carbocycles. The number of hydrogen-bond donors (Lipinski definition) is 1. The van der Waals surface area contributed by atoms with Gasteiger partial charge in [0.15, 0.2) is 11.8 Å². The third-order valence-electron chi connectivity index (χ3n) is 6.32. The average molecular weight is 451 g/mol. The maximum atomic E-state index is 13.6. The van der Waals surface area contributed by atoms with Crippen LogP contribution in [0.15, 0.2) is 64.6 Å². The van der Waals surface area contributed by atoms with E-state index >= 15 is 0 Å². The summed E-state index contributed by atoms with van der Waals surface area (Å²) in [5, 5.41) is 5.14. The third kappa shape index (κ3) is 4.80. The molecule has 0 unspecified atom stereocenters. The Labute approximate surface area is 193 Å². The third-order valence-corrected chi connectivity index (χ3v) is 7.25. The van der Waals surface area contributed by atoms with Gasteiger partial charge in [0.25, 0.3) is 5.91 Å². The van der Waals surface area contributed by atoms with Crippen LogP contribution in [0.4, 0.5) is 5.69 Å². The van der Waals surface area contributed by atoms with Crippen molar-refractivity contribution in [2.75, 3.05) is 4.90 Å². The van der Waals surface area contributed by atoms with E-state index in [4.69, 9.17) is 4.42 Å². The zero-order chi connectivity index (χ0) is 22.5. The smallest absolute Gasteiger partial charge is 0.295 e. The SMILES string of the molecule is CC[C@@H](C)c1ccc(N(C(=O)c2ccco2)[C@@H](C(=O)NC2CCCC2)c2cccs2)cc1. The summed E-state index contributed by atoms with van der Waals surface area (Å²) < 4.78 is 5.44. The molecule has 2 aromatic heterocycles. The van der Waals surface area contributed by atoms with Gasteiger partial charge in [0.05, 0.1) is 6.26 Å². The van der Waals surface area contributed by atoms with E-state index in [1.54, 1.807) is 17.0 Å². The van der Waals surface area contributed by atoms with Crippen molar-refractivity contribution in [2.24, 2.45) is 0 Å². The molecule has 5 nitrogen and oxygen atoms in total. The predicted molar refractivity (Wildman–Crippen MR) is 128 cm³/mol. The van der Waals surface area contributed by atoms with Gasteiger partial charge in [-0.3, -0.25) is 14.5 Å². The Kier molecular flexibility index (Phi) is 7.10. The van der Waals surface area contributed by atoms with Crippen molar-refractivity contribution < 1.29 is 14.0 Å². The maximum Gasteiger partial charge on any atom is 0.295 e. The number of benzene rings is 1. The molecule has 6 heteroatoms. The molecule has 1 aliphatic carbocycles. The topological polar surface area (TPSA) is 62.6 Å². The van der Waals surface area contributed by atoms with E-state index in [1.807, 2.05) is 41.8 Å². The Morgan fingerprint density at radius 2 is 1.88 bits per heavy atom. The summed E-state index contributed by atoms with van der Waals surface area (Å²) in [6, 6.07) is 14.5. The molecule has 4 rings (SSSR count). The molecule has 1 aliphatic rings. The first kappa shape index (κ1) is 22.3. The van der Waals surface area contributed by atoms with Crippen molar-refractivity contribution in [2.45, 2.75) is 64.0 Å². The number of carbonyl (C=O) groups is 2. The van der Waals surface area contributed by atoms with Gasteiger partial charge >= 0.3 is 0 Å². The fourth-order valence-electron chi connectivity index (χ4n) is 4.27. The molecule has 0 aliphatic heterocycles. The van der Waals surface area contributed by atoms with Crippen molar-refractivity contribution in [3.05, 3.63) is 76.4 Å². The van der Waals surface area contributed by atoms with Gasteiger partial charge < -0.3 is 9.73 Å². The quantitative estimate of drug-likeness (QED) is 0.438. The van der Waals surface area contributed by atoms with Crippen molar-refractivity contribution in [3.8, 4) is 0 Å². The van der Waals surface area contributed by atoms with E-state index < -0.39 is 6.04 Å². The van der Waals surface area contributed by atoms with Gasteiger partial charge in [-0.05, 0) is 66.5 Å². The molecule has 2 atom stereocenters. The molecule has 3 aromatic rings. The number of rotatable bonds is 8. The van der Waals surface area contributed by atoms with Gasteiger partial charge in [0.1, 0.15) is 0 Å². The molecular weight excluding hydrogens is 420 g/mol. The molecule has 0 radical (unpaired) electrons. The lowest BCUT2D eigenvalue weighted by atomic mass is 9.98. The van der Waals surface area contributed by atoms with Crippen LogP contribution < -0.4 is 10.2 Å². The Morgan fingerprint density at radius 1 is 1.12 bits per heavy atom. The zero-order valence-electron chi connectivity index (χ0n) is 18.6. The molecule has 32 heavy (non-hydrogen) atoms. The van der Waals surface area contributed by atoms with E-state index in [2.05, 4.69) is 19.2 Å². The number of nitrogens with one attached hydrogen (secondary N) is 1. The lowest BCUT2D eigenvalue weighted by molar-refractivity contribution is -0.123. The lowest BCUT2D eigenvalue weighted by Gasteiger charge is -2.31. The Balaban J connectivity index is 1.74. The molecule has 168 valence electrons. The van der Waals surface area contributed by atoms with Crippen LogP contribution in [-0.2, 0) is 4.79 Å². The van der Waals surface area contributed by atoms with E-state index in [0.717, 1.165) is 37.0 Å². The molecule has 0 bridgehead atoms.